The Morgan fingerprint density at radius 2 is 1.68 bits per heavy atom. The van der Waals surface area contributed by atoms with Gasteiger partial charge in [0.2, 0.25) is 0 Å². The summed E-state index contributed by atoms with van der Waals surface area (Å²) in [6.07, 6.45) is 4.20. The van der Waals surface area contributed by atoms with E-state index in [1.165, 1.54) is 5.56 Å². The summed E-state index contributed by atoms with van der Waals surface area (Å²) in [7, 11) is 0. The Kier molecular flexibility index (Phi) is 7.03. The monoisotopic (exact) mass is 417 g/mol. The fourth-order valence-corrected chi connectivity index (χ4v) is 2.82. The summed E-state index contributed by atoms with van der Waals surface area (Å²) in [5.74, 6) is 0.659. The number of imidazole rings is 1. The third-order valence-electron chi connectivity index (χ3n) is 4.17. The molecule has 0 radical (unpaired) electrons. The van der Waals surface area contributed by atoms with Crippen LogP contribution in [-0.4, -0.2) is 19.5 Å². The number of benzene rings is 2. The molecular weight excluding hydrogens is 397 g/mol. The minimum atomic E-state index is 0. The number of halogens is 2. The first-order valence-electron chi connectivity index (χ1n) is 8.32. The van der Waals surface area contributed by atoms with Crippen LogP contribution in [0.5, 0.6) is 0 Å². The average molecular weight is 418 g/mol. The predicted molar refractivity (Wildman–Crippen MR) is 119 cm³/mol. The Hall–Kier alpha value is -3.03. The van der Waals surface area contributed by atoms with E-state index in [2.05, 4.69) is 20.3 Å². The summed E-state index contributed by atoms with van der Waals surface area (Å²) in [5, 5.41) is 3.26. The standard InChI is InChI=1S/C19H19N7.2ClH/c20-14-6-4-13(5-7-14)8-9-26-12-24-17-18(22-11-23-19(17)26)25-16-3-1-2-15(21)10-16;;/h1-7,10-12H,8-9,20-21H2,(H,22,23,25);2*1H. The van der Waals surface area contributed by atoms with Gasteiger partial charge in [-0.25, -0.2) is 15.0 Å². The number of nitrogens with one attached hydrogen (secondary N) is 1. The number of fused-ring (bicyclic) bond motifs is 1. The highest BCUT2D eigenvalue weighted by Crippen LogP contribution is 2.23. The number of nitrogen functional groups attached to an aromatic ring is 2. The fraction of sp³-hybridized carbons (Fsp3) is 0.105. The van der Waals surface area contributed by atoms with Gasteiger partial charge in [0.05, 0.1) is 6.33 Å². The van der Waals surface area contributed by atoms with Crippen molar-refractivity contribution < 1.29 is 0 Å². The van der Waals surface area contributed by atoms with Crippen molar-refractivity contribution in [2.24, 2.45) is 0 Å². The molecule has 4 rings (SSSR count). The number of rotatable bonds is 5. The second-order valence-corrected chi connectivity index (χ2v) is 6.07. The molecule has 0 bridgehead atoms. The molecule has 0 unspecified atom stereocenters. The predicted octanol–water partition coefficient (Wildman–Crippen LogP) is 3.82. The number of hydrogen-bond donors (Lipinski definition) is 3. The molecule has 0 spiro atoms. The lowest BCUT2D eigenvalue weighted by Gasteiger charge is -2.07. The van der Waals surface area contributed by atoms with Crippen molar-refractivity contribution in [2.45, 2.75) is 13.0 Å². The largest absolute Gasteiger partial charge is 0.399 e. The first kappa shape index (κ1) is 21.3. The highest BCUT2D eigenvalue weighted by molar-refractivity contribution is 5.86. The smallest absolute Gasteiger partial charge is 0.165 e. The van der Waals surface area contributed by atoms with E-state index in [0.717, 1.165) is 35.5 Å². The van der Waals surface area contributed by atoms with E-state index in [-0.39, 0.29) is 24.8 Å². The van der Waals surface area contributed by atoms with Gasteiger partial charge in [-0.15, -0.1) is 24.8 Å². The van der Waals surface area contributed by atoms with Crippen molar-refractivity contribution in [3.8, 4) is 0 Å². The van der Waals surface area contributed by atoms with Crippen molar-refractivity contribution >= 4 is 58.9 Å². The van der Waals surface area contributed by atoms with Gasteiger partial charge in [0, 0.05) is 23.6 Å². The molecule has 0 fully saturated rings. The number of nitrogens with zero attached hydrogens (tertiary/aromatic N) is 4. The SMILES string of the molecule is Cl.Cl.Nc1ccc(CCn2cnc3c(Nc4cccc(N)c4)ncnc32)cc1. The average Bonchev–Trinajstić information content (AvgIpc) is 3.06. The van der Waals surface area contributed by atoms with Crippen molar-refractivity contribution in [1.29, 1.82) is 0 Å². The van der Waals surface area contributed by atoms with Crippen LogP contribution in [-0.2, 0) is 13.0 Å². The number of aryl methyl sites for hydroxylation is 2. The quantitative estimate of drug-likeness (QED) is 0.426. The van der Waals surface area contributed by atoms with Crippen molar-refractivity contribution in [3.05, 3.63) is 66.7 Å². The summed E-state index contributed by atoms with van der Waals surface area (Å²) in [5.41, 5.74) is 16.6. The van der Waals surface area contributed by atoms with E-state index in [1.807, 2.05) is 53.1 Å². The molecule has 0 aliphatic carbocycles. The lowest BCUT2D eigenvalue weighted by Crippen LogP contribution is -2.02. The van der Waals surface area contributed by atoms with E-state index in [4.69, 9.17) is 11.5 Å². The maximum Gasteiger partial charge on any atom is 0.165 e. The molecule has 4 aromatic rings. The zero-order valence-corrected chi connectivity index (χ0v) is 16.6. The molecular formula is C19H21Cl2N7. The first-order chi connectivity index (χ1) is 12.7. The third-order valence-corrected chi connectivity index (χ3v) is 4.17. The highest BCUT2D eigenvalue weighted by atomic mass is 35.5. The summed E-state index contributed by atoms with van der Waals surface area (Å²) < 4.78 is 2.03. The van der Waals surface area contributed by atoms with Crippen LogP contribution in [0.15, 0.2) is 61.2 Å². The number of aromatic nitrogens is 4. The highest BCUT2D eigenvalue weighted by Gasteiger charge is 2.10. The molecule has 0 saturated heterocycles. The van der Waals surface area contributed by atoms with E-state index >= 15 is 0 Å². The molecule has 0 aliphatic heterocycles. The van der Waals surface area contributed by atoms with Crippen molar-refractivity contribution in [1.82, 2.24) is 19.5 Å². The Labute approximate surface area is 175 Å². The molecule has 0 amide bonds. The lowest BCUT2D eigenvalue weighted by atomic mass is 10.1. The molecule has 2 aromatic carbocycles. The van der Waals surface area contributed by atoms with E-state index in [1.54, 1.807) is 12.7 Å². The van der Waals surface area contributed by atoms with Crippen molar-refractivity contribution in [2.75, 3.05) is 16.8 Å². The Morgan fingerprint density at radius 3 is 2.43 bits per heavy atom. The topological polar surface area (TPSA) is 108 Å². The Balaban J connectivity index is 0.00000140. The third kappa shape index (κ3) is 4.62. The normalized spacial score (nSPS) is 10.1. The van der Waals surface area contributed by atoms with Gasteiger partial charge in [-0.1, -0.05) is 18.2 Å². The van der Waals surface area contributed by atoms with Crippen LogP contribution < -0.4 is 16.8 Å². The van der Waals surface area contributed by atoms with Crippen LogP contribution >= 0.6 is 24.8 Å². The molecule has 7 nitrogen and oxygen atoms in total. The molecule has 2 heterocycles. The minimum Gasteiger partial charge on any atom is -0.399 e. The summed E-state index contributed by atoms with van der Waals surface area (Å²) in [6, 6.07) is 15.4. The van der Waals surface area contributed by atoms with Gasteiger partial charge in [-0.05, 0) is 42.3 Å². The minimum absolute atomic E-state index is 0. The van der Waals surface area contributed by atoms with Crippen LogP contribution in [0.3, 0.4) is 0 Å². The molecule has 28 heavy (non-hydrogen) atoms. The van der Waals surface area contributed by atoms with Crippen LogP contribution in [0, 0.1) is 0 Å². The van der Waals surface area contributed by atoms with Crippen LogP contribution in [0.4, 0.5) is 22.9 Å². The molecule has 0 atom stereocenters. The number of nitrogens with two attached hydrogens (primary N) is 2. The van der Waals surface area contributed by atoms with Crippen LogP contribution in [0.1, 0.15) is 5.56 Å². The van der Waals surface area contributed by atoms with Crippen LogP contribution in [0.25, 0.3) is 11.2 Å². The van der Waals surface area contributed by atoms with Gasteiger partial charge in [0.1, 0.15) is 6.33 Å². The summed E-state index contributed by atoms with van der Waals surface area (Å²) in [4.78, 5) is 13.2. The summed E-state index contributed by atoms with van der Waals surface area (Å²) >= 11 is 0. The van der Waals surface area contributed by atoms with Crippen molar-refractivity contribution in [3.63, 3.8) is 0 Å². The zero-order chi connectivity index (χ0) is 17.9. The Bertz CT molecular complexity index is 1050. The van der Waals surface area contributed by atoms with Gasteiger partial charge >= 0.3 is 0 Å². The maximum atomic E-state index is 5.83. The molecule has 0 aliphatic rings. The molecule has 2 aromatic heterocycles. The number of anilines is 4. The van der Waals surface area contributed by atoms with E-state index in [0.29, 0.717) is 11.5 Å². The lowest BCUT2D eigenvalue weighted by molar-refractivity contribution is 0.709. The van der Waals surface area contributed by atoms with E-state index < -0.39 is 0 Å². The second-order valence-electron chi connectivity index (χ2n) is 6.07. The summed E-state index contributed by atoms with van der Waals surface area (Å²) in [6.45, 7) is 0.773. The maximum absolute atomic E-state index is 5.83. The zero-order valence-electron chi connectivity index (χ0n) is 14.9. The molecule has 0 saturated carbocycles. The van der Waals surface area contributed by atoms with Gasteiger partial charge in [0.25, 0.3) is 0 Å². The Morgan fingerprint density at radius 1 is 0.893 bits per heavy atom. The molecule has 9 heteroatoms. The van der Waals surface area contributed by atoms with Gasteiger partial charge in [0.15, 0.2) is 17.0 Å². The molecule has 146 valence electrons. The fourth-order valence-electron chi connectivity index (χ4n) is 2.82. The second kappa shape index (κ2) is 9.25. The van der Waals surface area contributed by atoms with Crippen LogP contribution in [0.2, 0.25) is 0 Å². The van der Waals surface area contributed by atoms with Gasteiger partial charge in [-0.3, -0.25) is 0 Å². The molecule has 5 N–H and O–H groups in total. The number of hydrogen-bond acceptors (Lipinski definition) is 6. The van der Waals surface area contributed by atoms with E-state index in [9.17, 15) is 0 Å². The van der Waals surface area contributed by atoms with Gasteiger partial charge in [-0.2, -0.15) is 0 Å². The van der Waals surface area contributed by atoms with Gasteiger partial charge < -0.3 is 21.4 Å². The first-order valence-corrected chi connectivity index (χ1v) is 8.32.